The maximum absolute atomic E-state index is 2.37. The van der Waals surface area contributed by atoms with Gasteiger partial charge in [-0.25, -0.2) is 0 Å². The van der Waals surface area contributed by atoms with Crippen molar-refractivity contribution >= 4 is 0 Å². The predicted octanol–water partition coefficient (Wildman–Crippen LogP) is 5.59. The monoisotopic (exact) mass is 298 g/mol. The van der Waals surface area contributed by atoms with E-state index in [1.54, 1.807) is 31.2 Å². The number of allylic oxidation sites excluding steroid dienone is 8. The third-order valence-corrected chi connectivity index (χ3v) is 7.61. The Kier molecular flexibility index (Phi) is 4.00. The predicted molar refractivity (Wildman–Crippen MR) is 80.5 cm³/mol. The molecular weight excluding hydrogens is 272 g/mol. The van der Waals surface area contributed by atoms with E-state index in [9.17, 15) is 0 Å². The second-order valence-corrected chi connectivity index (χ2v) is 7.53. The van der Waals surface area contributed by atoms with Crippen LogP contribution in [0.15, 0.2) is 42.4 Å². The molecule has 2 aliphatic rings. The van der Waals surface area contributed by atoms with Crippen LogP contribution in [0.25, 0.3) is 0 Å². The molecule has 0 bridgehead atoms. The SMILES string of the molecule is CC1=C(C)C(C)[C]([Fe][C]2=C(C)C(C)=C(C)C2C)=C1C. The Labute approximate surface area is 124 Å². The standard InChI is InChI=1S/2C9H13.Fe/c2*1-6-5-7(2)9(4)8(6)3;/h2*6H,1-4H3;. The molecule has 1 heteroatoms. The van der Waals surface area contributed by atoms with Crippen molar-refractivity contribution in [2.45, 2.75) is 55.4 Å². The Balaban J connectivity index is 2.32. The van der Waals surface area contributed by atoms with Crippen molar-refractivity contribution in [3.8, 4) is 0 Å². The van der Waals surface area contributed by atoms with Gasteiger partial charge >= 0.3 is 125 Å². The van der Waals surface area contributed by atoms with Crippen LogP contribution in [0, 0.1) is 11.8 Å². The Morgan fingerprint density at radius 3 is 1.11 bits per heavy atom. The molecule has 2 unspecified atom stereocenters. The molecule has 0 fully saturated rings. The molecule has 0 amide bonds. The third-order valence-electron chi connectivity index (χ3n) is 5.23. The molecule has 2 rings (SSSR count). The molecule has 0 spiro atoms. The van der Waals surface area contributed by atoms with Crippen LogP contribution >= 0.6 is 0 Å². The Hall–Kier alpha value is -0.521. The molecule has 0 saturated carbocycles. The zero-order valence-corrected chi connectivity index (χ0v) is 14.6. The van der Waals surface area contributed by atoms with Gasteiger partial charge in [-0.05, 0) is 0 Å². The second-order valence-electron chi connectivity index (χ2n) is 6.07. The molecule has 0 nitrogen and oxygen atoms in total. The van der Waals surface area contributed by atoms with E-state index in [2.05, 4.69) is 55.4 Å². The molecule has 0 N–H and O–H groups in total. The molecule has 0 aromatic rings. The molecule has 0 saturated heterocycles. The van der Waals surface area contributed by atoms with Crippen molar-refractivity contribution in [1.82, 2.24) is 0 Å². The molecule has 0 aromatic carbocycles. The summed E-state index contributed by atoms with van der Waals surface area (Å²) in [5.74, 6) is 1.27. The van der Waals surface area contributed by atoms with Gasteiger partial charge in [0, 0.05) is 0 Å². The normalized spacial score (nSPS) is 28.6. The van der Waals surface area contributed by atoms with Gasteiger partial charge in [-0.15, -0.1) is 0 Å². The van der Waals surface area contributed by atoms with Crippen LogP contribution in [0.4, 0.5) is 0 Å². The van der Waals surface area contributed by atoms with E-state index < -0.39 is 0 Å². The minimum absolute atomic E-state index is 0.633. The molecule has 0 radical (unpaired) electrons. The molecule has 19 heavy (non-hydrogen) atoms. The first-order valence-corrected chi connectivity index (χ1v) is 8.27. The van der Waals surface area contributed by atoms with E-state index in [4.69, 9.17) is 0 Å². The average Bonchev–Trinajstić information content (AvgIpc) is 2.68. The van der Waals surface area contributed by atoms with Gasteiger partial charge in [0.15, 0.2) is 0 Å². The quantitative estimate of drug-likeness (QED) is 0.583. The van der Waals surface area contributed by atoms with Crippen molar-refractivity contribution in [2.75, 3.05) is 0 Å². The Bertz CT molecular complexity index is 502. The van der Waals surface area contributed by atoms with E-state index in [0.29, 0.717) is 11.8 Å². The van der Waals surface area contributed by atoms with Gasteiger partial charge in [0.2, 0.25) is 0 Å². The van der Waals surface area contributed by atoms with Crippen LogP contribution in [0.1, 0.15) is 55.4 Å². The van der Waals surface area contributed by atoms with Crippen LogP contribution in [-0.4, -0.2) is 0 Å². The van der Waals surface area contributed by atoms with Gasteiger partial charge in [-0.1, -0.05) is 0 Å². The van der Waals surface area contributed by atoms with Crippen LogP contribution in [0.3, 0.4) is 0 Å². The molecule has 2 atom stereocenters. The fraction of sp³-hybridized carbons (Fsp3) is 0.556. The van der Waals surface area contributed by atoms with E-state index in [1.807, 2.05) is 0 Å². The van der Waals surface area contributed by atoms with Crippen LogP contribution in [-0.2, 0) is 15.0 Å². The van der Waals surface area contributed by atoms with E-state index in [0.717, 1.165) is 0 Å². The van der Waals surface area contributed by atoms with Crippen molar-refractivity contribution in [1.29, 1.82) is 0 Å². The zero-order chi connectivity index (χ0) is 14.5. The zero-order valence-electron chi connectivity index (χ0n) is 13.5. The van der Waals surface area contributed by atoms with Crippen molar-refractivity contribution < 1.29 is 15.0 Å². The van der Waals surface area contributed by atoms with Crippen LogP contribution < -0.4 is 0 Å². The van der Waals surface area contributed by atoms with Gasteiger partial charge in [0.05, 0.1) is 0 Å². The summed E-state index contributed by atoms with van der Waals surface area (Å²) in [5, 5.41) is 0. The molecule has 2 aliphatic carbocycles. The van der Waals surface area contributed by atoms with Gasteiger partial charge in [0.1, 0.15) is 0 Å². The first-order valence-electron chi connectivity index (χ1n) is 7.16. The molecule has 106 valence electrons. The summed E-state index contributed by atoms with van der Waals surface area (Å²) in [6.07, 6.45) is 0. The summed E-state index contributed by atoms with van der Waals surface area (Å²) in [6.45, 7) is 18.5. The summed E-state index contributed by atoms with van der Waals surface area (Å²) in [6, 6.07) is 0. The molecule has 0 aliphatic heterocycles. The molecule has 0 heterocycles. The third kappa shape index (κ3) is 2.22. The second kappa shape index (κ2) is 5.11. The summed E-state index contributed by atoms with van der Waals surface area (Å²) >= 11 is 1.17. The fourth-order valence-corrected chi connectivity index (χ4v) is 5.10. The molecule has 0 aromatic heterocycles. The Morgan fingerprint density at radius 2 is 0.895 bits per heavy atom. The van der Waals surface area contributed by atoms with E-state index in [-0.39, 0.29) is 0 Å². The van der Waals surface area contributed by atoms with E-state index in [1.165, 1.54) is 26.1 Å². The van der Waals surface area contributed by atoms with Crippen molar-refractivity contribution in [3.63, 3.8) is 0 Å². The number of rotatable bonds is 2. The van der Waals surface area contributed by atoms with Gasteiger partial charge in [-0.2, -0.15) is 0 Å². The summed E-state index contributed by atoms with van der Waals surface area (Å²) in [7, 11) is 0. The average molecular weight is 298 g/mol. The minimum atomic E-state index is 0.633. The number of hydrogen-bond acceptors (Lipinski definition) is 0. The fourth-order valence-electron chi connectivity index (χ4n) is 3.00. The van der Waals surface area contributed by atoms with Gasteiger partial charge in [0.25, 0.3) is 0 Å². The first kappa shape index (κ1) is 14.9. The summed E-state index contributed by atoms with van der Waals surface area (Å²) in [5.41, 5.74) is 9.26. The maximum atomic E-state index is 2.37. The first-order chi connectivity index (χ1) is 8.77. The van der Waals surface area contributed by atoms with Gasteiger partial charge in [-0.3, -0.25) is 0 Å². The van der Waals surface area contributed by atoms with Crippen LogP contribution in [0.5, 0.6) is 0 Å². The summed E-state index contributed by atoms with van der Waals surface area (Å²) in [4.78, 5) is 0. The number of hydrogen-bond donors (Lipinski definition) is 0. The van der Waals surface area contributed by atoms with Crippen molar-refractivity contribution in [2.24, 2.45) is 11.8 Å². The topological polar surface area (TPSA) is 0 Å². The van der Waals surface area contributed by atoms with Crippen LogP contribution in [0.2, 0.25) is 0 Å². The van der Waals surface area contributed by atoms with Gasteiger partial charge < -0.3 is 0 Å². The van der Waals surface area contributed by atoms with E-state index >= 15 is 0 Å². The Morgan fingerprint density at radius 1 is 0.579 bits per heavy atom. The van der Waals surface area contributed by atoms with Crippen molar-refractivity contribution in [3.05, 3.63) is 42.4 Å². The molecular formula is C18H26Fe. The summed E-state index contributed by atoms with van der Waals surface area (Å²) < 4.78 is 3.30.